The lowest BCUT2D eigenvalue weighted by atomic mass is 10.1. The van der Waals surface area contributed by atoms with Crippen molar-refractivity contribution in [2.24, 2.45) is 5.92 Å². The zero-order valence-electron chi connectivity index (χ0n) is 11.7. The van der Waals surface area contributed by atoms with Crippen LogP contribution in [0.2, 0.25) is 10.3 Å². The Morgan fingerprint density at radius 2 is 1.76 bits per heavy atom. The van der Waals surface area contributed by atoms with Crippen LogP contribution in [0, 0.1) is 5.92 Å². The highest BCUT2D eigenvalue weighted by Gasteiger charge is 2.15. The van der Waals surface area contributed by atoms with E-state index in [9.17, 15) is 0 Å². The number of nitrogens with zero attached hydrogens (tertiary/aromatic N) is 2. The van der Waals surface area contributed by atoms with Crippen molar-refractivity contribution in [1.82, 2.24) is 9.97 Å². The van der Waals surface area contributed by atoms with E-state index in [1.807, 2.05) is 24.3 Å². The van der Waals surface area contributed by atoms with E-state index in [2.05, 4.69) is 39.7 Å². The van der Waals surface area contributed by atoms with Gasteiger partial charge in [-0.1, -0.05) is 71.2 Å². The third kappa shape index (κ3) is 4.59. The fourth-order valence-electron chi connectivity index (χ4n) is 1.79. The minimum absolute atomic E-state index is 0.391. The van der Waals surface area contributed by atoms with Gasteiger partial charge in [-0.15, -0.1) is 0 Å². The van der Waals surface area contributed by atoms with Gasteiger partial charge in [0.2, 0.25) is 0 Å². The molecule has 0 atom stereocenters. The van der Waals surface area contributed by atoms with Crippen LogP contribution in [0.25, 0.3) is 11.1 Å². The van der Waals surface area contributed by atoms with Crippen molar-refractivity contribution >= 4 is 50.9 Å². The largest absolute Gasteiger partial charge is 0.220 e. The van der Waals surface area contributed by atoms with Gasteiger partial charge in [0, 0.05) is 10.0 Å². The number of hydrogen-bond donors (Lipinski definition) is 0. The van der Waals surface area contributed by atoms with Crippen molar-refractivity contribution in [3.05, 3.63) is 44.9 Å². The van der Waals surface area contributed by atoms with Gasteiger partial charge in [0.25, 0.3) is 0 Å². The molecule has 2 nitrogen and oxygen atoms in total. The predicted octanol–water partition coefficient (Wildman–Crippen LogP) is 6.10. The first-order chi connectivity index (χ1) is 9.99. The zero-order chi connectivity index (χ0) is 15.4. The Morgan fingerprint density at radius 3 is 2.33 bits per heavy atom. The molecule has 0 fully saturated rings. The summed E-state index contributed by atoms with van der Waals surface area (Å²) in [6, 6.07) is 7.74. The van der Waals surface area contributed by atoms with Gasteiger partial charge < -0.3 is 0 Å². The molecule has 0 spiro atoms. The minimum atomic E-state index is 0.391. The van der Waals surface area contributed by atoms with E-state index in [4.69, 9.17) is 23.2 Å². The summed E-state index contributed by atoms with van der Waals surface area (Å²) in [7, 11) is 0. The molecule has 2 rings (SSSR count). The fourth-order valence-corrected chi connectivity index (χ4v) is 3.80. The van der Waals surface area contributed by atoms with E-state index in [1.165, 1.54) is 0 Å². The van der Waals surface area contributed by atoms with Gasteiger partial charge in [0.1, 0.15) is 16.1 Å². The van der Waals surface area contributed by atoms with Gasteiger partial charge in [-0.25, -0.2) is 9.97 Å². The Kier molecular flexibility index (Phi) is 6.35. The van der Waals surface area contributed by atoms with Crippen LogP contribution in [0.5, 0.6) is 0 Å². The Hall–Kier alpha value is -0.290. The Morgan fingerprint density at radius 1 is 1.14 bits per heavy atom. The van der Waals surface area contributed by atoms with Gasteiger partial charge in [0.05, 0.1) is 11.3 Å². The molecule has 6 heteroatoms. The van der Waals surface area contributed by atoms with Gasteiger partial charge in [0.15, 0.2) is 0 Å². The predicted molar refractivity (Wildman–Crippen MR) is 96.2 cm³/mol. The first-order valence-corrected chi connectivity index (χ1v) is 9.24. The molecule has 1 heterocycles. The zero-order valence-corrected chi connectivity index (χ0v) is 15.7. The van der Waals surface area contributed by atoms with E-state index in [-0.39, 0.29) is 0 Å². The Balaban J connectivity index is 2.28. The molecule has 2 aromatic rings. The Bertz CT molecular complexity index is 612. The fraction of sp³-hybridized carbons (Fsp3) is 0.333. The van der Waals surface area contributed by atoms with Crippen LogP contribution in [-0.4, -0.2) is 15.7 Å². The SMILES string of the molecule is CC(C)CSCc1nc(Cl)c(-c2ccccc2Br)c(Cl)n1. The molecule has 0 aliphatic carbocycles. The normalized spacial score (nSPS) is 11.1. The minimum Gasteiger partial charge on any atom is -0.220 e. The van der Waals surface area contributed by atoms with Gasteiger partial charge in [-0.2, -0.15) is 11.8 Å². The molecule has 0 aliphatic rings. The molecule has 1 aromatic heterocycles. The van der Waals surface area contributed by atoms with Crippen LogP contribution < -0.4 is 0 Å². The Labute approximate surface area is 147 Å². The summed E-state index contributed by atoms with van der Waals surface area (Å²) in [6.45, 7) is 4.37. The number of benzene rings is 1. The second-order valence-electron chi connectivity index (χ2n) is 4.99. The summed E-state index contributed by atoms with van der Waals surface area (Å²) in [5.41, 5.74) is 1.57. The molecule has 0 bridgehead atoms. The van der Waals surface area contributed by atoms with E-state index in [1.54, 1.807) is 11.8 Å². The second-order valence-corrected chi connectivity index (χ2v) is 7.59. The first-order valence-electron chi connectivity index (χ1n) is 6.53. The van der Waals surface area contributed by atoms with Crippen molar-refractivity contribution in [2.45, 2.75) is 19.6 Å². The van der Waals surface area contributed by atoms with Crippen molar-refractivity contribution in [3.8, 4) is 11.1 Å². The van der Waals surface area contributed by atoms with E-state index >= 15 is 0 Å². The van der Waals surface area contributed by atoms with Gasteiger partial charge in [-0.3, -0.25) is 0 Å². The quantitative estimate of drug-likeness (QED) is 0.561. The summed E-state index contributed by atoms with van der Waals surface area (Å²) >= 11 is 17.9. The molecule has 0 N–H and O–H groups in total. The number of rotatable bonds is 5. The maximum atomic E-state index is 6.32. The molecule has 0 saturated heterocycles. The monoisotopic (exact) mass is 404 g/mol. The molecule has 0 aliphatic heterocycles. The lowest BCUT2D eigenvalue weighted by Crippen LogP contribution is -1.99. The van der Waals surface area contributed by atoms with E-state index < -0.39 is 0 Å². The maximum Gasteiger partial charge on any atom is 0.142 e. The van der Waals surface area contributed by atoms with E-state index in [0.29, 0.717) is 33.4 Å². The summed E-state index contributed by atoms with van der Waals surface area (Å²) < 4.78 is 0.916. The highest BCUT2D eigenvalue weighted by molar-refractivity contribution is 9.10. The number of thioether (sulfide) groups is 1. The second kappa shape index (κ2) is 7.82. The standard InChI is InChI=1S/C15H15BrCl2N2S/c1-9(2)7-21-8-12-19-14(17)13(15(18)20-12)10-5-3-4-6-11(10)16/h3-6,9H,7-8H2,1-2H3. The average molecular weight is 406 g/mol. The third-order valence-corrected chi connectivity index (χ3v) is 5.30. The van der Waals surface area contributed by atoms with Crippen LogP contribution in [0.15, 0.2) is 28.7 Å². The van der Waals surface area contributed by atoms with Crippen molar-refractivity contribution < 1.29 is 0 Å². The summed E-state index contributed by atoms with van der Waals surface area (Å²) in [5.74, 6) is 3.09. The van der Waals surface area contributed by atoms with Gasteiger partial charge in [-0.05, 0) is 17.7 Å². The maximum absolute atomic E-state index is 6.32. The molecule has 21 heavy (non-hydrogen) atoms. The van der Waals surface area contributed by atoms with Crippen molar-refractivity contribution in [2.75, 3.05) is 5.75 Å². The summed E-state index contributed by atoms with van der Waals surface area (Å²) in [6.07, 6.45) is 0. The van der Waals surface area contributed by atoms with Crippen LogP contribution in [0.4, 0.5) is 0 Å². The summed E-state index contributed by atoms with van der Waals surface area (Å²) in [4.78, 5) is 8.75. The summed E-state index contributed by atoms with van der Waals surface area (Å²) in [5, 5.41) is 0.782. The van der Waals surface area contributed by atoms with E-state index in [0.717, 1.165) is 15.8 Å². The molecule has 0 amide bonds. The molecular formula is C15H15BrCl2N2S. The highest BCUT2D eigenvalue weighted by Crippen LogP contribution is 2.36. The first kappa shape index (κ1) is 17.1. The van der Waals surface area contributed by atoms with Crippen LogP contribution >= 0.6 is 50.9 Å². The highest BCUT2D eigenvalue weighted by atomic mass is 79.9. The van der Waals surface area contributed by atoms with Crippen LogP contribution in [-0.2, 0) is 5.75 Å². The smallest absolute Gasteiger partial charge is 0.142 e. The topological polar surface area (TPSA) is 25.8 Å². The molecule has 0 saturated carbocycles. The molecule has 0 unspecified atom stereocenters. The molecule has 112 valence electrons. The van der Waals surface area contributed by atoms with Crippen molar-refractivity contribution in [3.63, 3.8) is 0 Å². The van der Waals surface area contributed by atoms with Crippen LogP contribution in [0.1, 0.15) is 19.7 Å². The van der Waals surface area contributed by atoms with Crippen molar-refractivity contribution in [1.29, 1.82) is 0 Å². The molecule has 0 radical (unpaired) electrons. The average Bonchev–Trinajstić information content (AvgIpc) is 2.39. The molecule has 1 aromatic carbocycles. The lowest BCUT2D eigenvalue weighted by Gasteiger charge is -2.10. The molecular weight excluding hydrogens is 391 g/mol. The lowest BCUT2D eigenvalue weighted by molar-refractivity contribution is 0.750. The van der Waals surface area contributed by atoms with Crippen LogP contribution in [0.3, 0.4) is 0 Å². The number of aromatic nitrogens is 2. The number of hydrogen-bond acceptors (Lipinski definition) is 3. The van der Waals surface area contributed by atoms with Gasteiger partial charge >= 0.3 is 0 Å². The third-order valence-electron chi connectivity index (χ3n) is 2.69. The number of halogens is 3.